The van der Waals surface area contributed by atoms with Crippen molar-refractivity contribution in [2.75, 3.05) is 5.32 Å². The molecule has 0 spiro atoms. The summed E-state index contributed by atoms with van der Waals surface area (Å²) in [7, 11) is -3.81. The number of halogens is 1. The molecule has 1 fully saturated rings. The quantitative estimate of drug-likeness (QED) is 0.759. The van der Waals surface area contributed by atoms with Crippen LogP contribution < -0.4 is 10.0 Å². The number of aryl methyl sites for hydroxylation is 2. The summed E-state index contributed by atoms with van der Waals surface area (Å²) in [4.78, 5) is 12.6. The second-order valence-corrected chi connectivity index (χ2v) is 8.88. The fourth-order valence-electron chi connectivity index (χ4n) is 3.56. The Balaban J connectivity index is 1.88. The zero-order valence-electron chi connectivity index (χ0n) is 16.1. The Morgan fingerprint density at radius 2 is 1.89 bits per heavy atom. The molecule has 3 rings (SSSR count). The first-order chi connectivity index (χ1) is 13.3. The Morgan fingerprint density at radius 3 is 2.57 bits per heavy atom. The number of sulfonamides is 1. The molecule has 0 atom stereocenters. The molecule has 0 aromatic heterocycles. The second kappa shape index (κ2) is 8.41. The van der Waals surface area contributed by atoms with Crippen LogP contribution in [0.2, 0.25) is 0 Å². The Bertz CT molecular complexity index is 983. The number of para-hydroxylation sites is 1. The van der Waals surface area contributed by atoms with Gasteiger partial charge in [0.15, 0.2) is 0 Å². The lowest BCUT2D eigenvalue weighted by molar-refractivity contribution is 0.102. The summed E-state index contributed by atoms with van der Waals surface area (Å²) in [5, 5.41) is 2.74. The largest absolute Gasteiger partial charge is 0.321 e. The van der Waals surface area contributed by atoms with Gasteiger partial charge in [-0.05, 0) is 55.5 Å². The van der Waals surface area contributed by atoms with Gasteiger partial charge in [-0.1, -0.05) is 38.0 Å². The fourth-order valence-corrected chi connectivity index (χ4v) is 4.89. The minimum absolute atomic E-state index is 0.105. The number of hydrogen-bond donors (Lipinski definition) is 2. The van der Waals surface area contributed by atoms with Gasteiger partial charge in [0.25, 0.3) is 5.91 Å². The summed E-state index contributed by atoms with van der Waals surface area (Å²) in [6, 6.07) is 8.86. The standard InChI is InChI=1S/C21H25FN2O3S/c1-3-15-8-6-7-14(2)20(15)23-21(25)18-13-17(11-12-19(18)22)28(26,27)24-16-9-4-5-10-16/h6-8,11-13,16,24H,3-5,9-10H2,1-2H3,(H,23,25). The van der Waals surface area contributed by atoms with Gasteiger partial charge in [-0.3, -0.25) is 4.79 Å². The molecule has 150 valence electrons. The maximum absolute atomic E-state index is 14.3. The highest BCUT2D eigenvalue weighted by atomic mass is 32.2. The lowest BCUT2D eigenvalue weighted by Gasteiger charge is -2.15. The van der Waals surface area contributed by atoms with Crippen LogP contribution in [-0.4, -0.2) is 20.4 Å². The highest BCUT2D eigenvalue weighted by Crippen LogP contribution is 2.24. The van der Waals surface area contributed by atoms with E-state index in [0.29, 0.717) is 12.1 Å². The third kappa shape index (κ3) is 4.42. The SMILES string of the molecule is CCc1cccc(C)c1NC(=O)c1cc(S(=O)(=O)NC2CCCC2)ccc1F. The van der Waals surface area contributed by atoms with E-state index >= 15 is 0 Å². The Labute approximate surface area is 165 Å². The molecule has 0 aliphatic heterocycles. The molecule has 0 bridgehead atoms. The third-order valence-electron chi connectivity index (χ3n) is 5.15. The van der Waals surface area contributed by atoms with E-state index < -0.39 is 21.7 Å². The summed E-state index contributed by atoms with van der Waals surface area (Å²) in [5.74, 6) is -1.43. The zero-order valence-corrected chi connectivity index (χ0v) is 16.9. The molecule has 1 aliphatic rings. The van der Waals surface area contributed by atoms with Crippen molar-refractivity contribution in [1.29, 1.82) is 0 Å². The van der Waals surface area contributed by atoms with Gasteiger partial charge in [-0.2, -0.15) is 0 Å². The van der Waals surface area contributed by atoms with Crippen LogP contribution in [0.5, 0.6) is 0 Å². The van der Waals surface area contributed by atoms with Gasteiger partial charge in [-0.15, -0.1) is 0 Å². The van der Waals surface area contributed by atoms with Crippen LogP contribution in [0.25, 0.3) is 0 Å². The van der Waals surface area contributed by atoms with Crippen molar-refractivity contribution in [1.82, 2.24) is 4.72 Å². The topological polar surface area (TPSA) is 75.3 Å². The number of anilines is 1. The van der Waals surface area contributed by atoms with Gasteiger partial charge in [0.05, 0.1) is 10.5 Å². The molecular weight excluding hydrogens is 379 g/mol. The molecule has 1 amide bonds. The molecule has 7 heteroatoms. The molecule has 28 heavy (non-hydrogen) atoms. The lowest BCUT2D eigenvalue weighted by Crippen LogP contribution is -2.32. The van der Waals surface area contributed by atoms with Gasteiger partial charge >= 0.3 is 0 Å². The van der Waals surface area contributed by atoms with E-state index in [-0.39, 0.29) is 16.5 Å². The van der Waals surface area contributed by atoms with E-state index in [9.17, 15) is 17.6 Å². The normalized spacial score (nSPS) is 15.0. The van der Waals surface area contributed by atoms with Crippen molar-refractivity contribution < 1.29 is 17.6 Å². The van der Waals surface area contributed by atoms with E-state index in [1.807, 2.05) is 32.0 Å². The van der Waals surface area contributed by atoms with Crippen molar-refractivity contribution in [3.05, 3.63) is 58.9 Å². The molecule has 2 aromatic carbocycles. The maximum Gasteiger partial charge on any atom is 0.258 e. The highest BCUT2D eigenvalue weighted by molar-refractivity contribution is 7.89. The number of hydrogen-bond acceptors (Lipinski definition) is 3. The van der Waals surface area contributed by atoms with Crippen LogP contribution in [0.4, 0.5) is 10.1 Å². The third-order valence-corrected chi connectivity index (χ3v) is 6.67. The number of rotatable bonds is 6. The minimum Gasteiger partial charge on any atom is -0.321 e. The Kier molecular flexibility index (Phi) is 6.15. The maximum atomic E-state index is 14.3. The molecular formula is C21H25FN2O3S. The molecule has 0 heterocycles. The van der Waals surface area contributed by atoms with Gasteiger partial charge in [0.1, 0.15) is 5.82 Å². The van der Waals surface area contributed by atoms with E-state index in [1.165, 1.54) is 6.07 Å². The second-order valence-electron chi connectivity index (χ2n) is 7.16. The molecule has 0 unspecified atom stereocenters. The average molecular weight is 405 g/mol. The monoisotopic (exact) mass is 404 g/mol. The van der Waals surface area contributed by atoms with Crippen LogP contribution in [-0.2, 0) is 16.4 Å². The molecule has 1 saturated carbocycles. The average Bonchev–Trinajstić information content (AvgIpc) is 3.15. The first-order valence-corrected chi connectivity index (χ1v) is 11.0. The summed E-state index contributed by atoms with van der Waals surface area (Å²) < 4.78 is 42.2. The molecule has 5 nitrogen and oxygen atoms in total. The predicted octanol–water partition coefficient (Wildman–Crippen LogP) is 4.17. The van der Waals surface area contributed by atoms with Gasteiger partial charge < -0.3 is 5.32 Å². The van der Waals surface area contributed by atoms with E-state index in [2.05, 4.69) is 10.0 Å². The van der Waals surface area contributed by atoms with E-state index in [0.717, 1.165) is 48.9 Å². The molecule has 0 radical (unpaired) electrons. The lowest BCUT2D eigenvalue weighted by atomic mass is 10.1. The van der Waals surface area contributed by atoms with Crippen molar-refractivity contribution in [2.24, 2.45) is 0 Å². The summed E-state index contributed by atoms with van der Waals surface area (Å²) >= 11 is 0. The summed E-state index contributed by atoms with van der Waals surface area (Å²) in [6.45, 7) is 3.82. The van der Waals surface area contributed by atoms with Crippen LogP contribution >= 0.6 is 0 Å². The van der Waals surface area contributed by atoms with E-state index in [1.54, 1.807) is 0 Å². The van der Waals surface area contributed by atoms with Gasteiger partial charge in [-0.25, -0.2) is 17.5 Å². The zero-order chi connectivity index (χ0) is 20.3. The summed E-state index contributed by atoms with van der Waals surface area (Å²) in [5.41, 5.74) is 2.13. The number of amides is 1. The van der Waals surface area contributed by atoms with Crippen LogP contribution in [0, 0.1) is 12.7 Å². The predicted molar refractivity (Wildman–Crippen MR) is 107 cm³/mol. The van der Waals surface area contributed by atoms with Crippen molar-refractivity contribution >= 4 is 21.6 Å². The van der Waals surface area contributed by atoms with Crippen LogP contribution in [0.15, 0.2) is 41.3 Å². The van der Waals surface area contributed by atoms with Gasteiger partial charge in [0, 0.05) is 11.7 Å². The van der Waals surface area contributed by atoms with E-state index in [4.69, 9.17) is 0 Å². The number of carbonyl (C=O) groups excluding carboxylic acids is 1. The fraction of sp³-hybridized carbons (Fsp3) is 0.381. The molecule has 0 saturated heterocycles. The minimum atomic E-state index is -3.81. The number of nitrogens with one attached hydrogen (secondary N) is 2. The Hall–Kier alpha value is -2.25. The first kappa shape index (κ1) is 20.5. The van der Waals surface area contributed by atoms with Crippen molar-refractivity contribution in [3.63, 3.8) is 0 Å². The van der Waals surface area contributed by atoms with Gasteiger partial charge in [0.2, 0.25) is 10.0 Å². The molecule has 2 aromatic rings. The van der Waals surface area contributed by atoms with Crippen molar-refractivity contribution in [2.45, 2.75) is 56.9 Å². The first-order valence-electron chi connectivity index (χ1n) is 9.53. The number of carbonyl (C=O) groups is 1. The smallest absolute Gasteiger partial charge is 0.258 e. The molecule has 1 aliphatic carbocycles. The molecule has 2 N–H and O–H groups in total. The highest BCUT2D eigenvalue weighted by Gasteiger charge is 2.25. The Morgan fingerprint density at radius 1 is 1.18 bits per heavy atom. The summed E-state index contributed by atoms with van der Waals surface area (Å²) in [6.07, 6.45) is 4.27. The van der Waals surface area contributed by atoms with Crippen LogP contribution in [0.1, 0.15) is 54.1 Å². The number of benzene rings is 2. The van der Waals surface area contributed by atoms with Crippen molar-refractivity contribution in [3.8, 4) is 0 Å². The van der Waals surface area contributed by atoms with Crippen LogP contribution in [0.3, 0.4) is 0 Å².